The third kappa shape index (κ3) is 3.74. The molecule has 2 aromatic carbocycles. The third-order valence-corrected chi connectivity index (χ3v) is 4.43. The van der Waals surface area contributed by atoms with E-state index in [9.17, 15) is 19.5 Å². The molecule has 0 aliphatic carbocycles. The molecule has 0 saturated carbocycles. The molecule has 1 heterocycles. The molecule has 0 radical (unpaired) electrons. The minimum absolute atomic E-state index is 0.0558. The lowest BCUT2D eigenvalue weighted by molar-refractivity contribution is -0.139. The molecule has 138 valence electrons. The van der Waals surface area contributed by atoms with Gasteiger partial charge in [-0.3, -0.25) is 14.4 Å². The van der Waals surface area contributed by atoms with Gasteiger partial charge in [0.1, 0.15) is 5.76 Å². The van der Waals surface area contributed by atoms with E-state index in [0.29, 0.717) is 5.56 Å². The van der Waals surface area contributed by atoms with E-state index >= 15 is 0 Å². The first-order chi connectivity index (χ1) is 13.0. The Morgan fingerprint density at radius 1 is 1.04 bits per heavy atom. The summed E-state index contributed by atoms with van der Waals surface area (Å²) in [4.78, 5) is 37.9. The van der Waals surface area contributed by atoms with E-state index in [1.807, 2.05) is 18.2 Å². The molecule has 0 aromatic heterocycles. The van der Waals surface area contributed by atoms with Crippen LogP contribution in [-0.4, -0.2) is 40.7 Å². The van der Waals surface area contributed by atoms with Gasteiger partial charge in [0.2, 0.25) is 5.91 Å². The molecule has 1 fully saturated rings. The van der Waals surface area contributed by atoms with Gasteiger partial charge >= 0.3 is 0 Å². The van der Waals surface area contributed by atoms with Crippen LogP contribution in [-0.2, 0) is 14.4 Å². The number of rotatable bonds is 5. The number of benzene rings is 2. The molecular formula is C21H20N2O4. The number of hydrogen-bond acceptors (Lipinski definition) is 4. The van der Waals surface area contributed by atoms with Crippen LogP contribution in [0.3, 0.4) is 0 Å². The van der Waals surface area contributed by atoms with Gasteiger partial charge in [0.05, 0.1) is 11.6 Å². The van der Waals surface area contributed by atoms with Gasteiger partial charge in [-0.1, -0.05) is 60.7 Å². The molecule has 6 heteroatoms. The highest BCUT2D eigenvalue weighted by molar-refractivity contribution is 6.46. The van der Waals surface area contributed by atoms with Crippen molar-refractivity contribution in [3.63, 3.8) is 0 Å². The zero-order valence-electron chi connectivity index (χ0n) is 14.9. The second kappa shape index (κ2) is 7.86. The van der Waals surface area contributed by atoms with E-state index in [1.165, 1.54) is 11.8 Å². The number of likely N-dealkylation sites (tertiary alicyclic amines) is 1. The number of hydrogen-bond donors (Lipinski definition) is 2. The van der Waals surface area contributed by atoms with Crippen molar-refractivity contribution >= 4 is 23.4 Å². The highest BCUT2D eigenvalue weighted by Crippen LogP contribution is 2.38. The largest absolute Gasteiger partial charge is 0.507 e. The van der Waals surface area contributed by atoms with Crippen LogP contribution in [0.2, 0.25) is 0 Å². The molecule has 0 spiro atoms. The van der Waals surface area contributed by atoms with E-state index in [2.05, 4.69) is 5.32 Å². The fraction of sp³-hybridized carbons (Fsp3) is 0.190. The molecule has 2 N–H and O–H groups in total. The fourth-order valence-corrected chi connectivity index (χ4v) is 3.20. The first-order valence-electron chi connectivity index (χ1n) is 8.64. The van der Waals surface area contributed by atoms with E-state index < -0.39 is 17.7 Å². The number of ketones is 1. The minimum Gasteiger partial charge on any atom is -0.507 e. The molecule has 1 saturated heterocycles. The molecule has 1 unspecified atom stereocenters. The quantitative estimate of drug-likeness (QED) is 0.484. The normalized spacial score (nSPS) is 18.6. The smallest absolute Gasteiger partial charge is 0.295 e. The van der Waals surface area contributed by atoms with Crippen molar-refractivity contribution < 1.29 is 19.5 Å². The van der Waals surface area contributed by atoms with Crippen LogP contribution in [0.15, 0.2) is 66.2 Å². The summed E-state index contributed by atoms with van der Waals surface area (Å²) in [5.41, 5.74) is 1.25. The number of aliphatic hydroxyl groups is 1. The zero-order chi connectivity index (χ0) is 19.4. The van der Waals surface area contributed by atoms with Crippen molar-refractivity contribution in [3.05, 3.63) is 77.4 Å². The molecule has 3 rings (SSSR count). The van der Waals surface area contributed by atoms with E-state index in [4.69, 9.17) is 0 Å². The number of nitrogens with one attached hydrogen (secondary N) is 1. The van der Waals surface area contributed by atoms with E-state index in [0.717, 1.165) is 5.56 Å². The number of aliphatic hydroxyl groups excluding tert-OH is 1. The highest BCUT2D eigenvalue weighted by atomic mass is 16.3. The van der Waals surface area contributed by atoms with Crippen molar-refractivity contribution in [2.24, 2.45) is 0 Å². The topological polar surface area (TPSA) is 86.7 Å². The maximum atomic E-state index is 12.7. The van der Waals surface area contributed by atoms with Crippen LogP contribution in [0, 0.1) is 0 Å². The minimum atomic E-state index is -0.729. The second-order valence-corrected chi connectivity index (χ2v) is 6.25. The zero-order valence-corrected chi connectivity index (χ0v) is 14.9. The Balaban J connectivity index is 2.07. The van der Waals surface area contributed by atoms with Gasteiger partial charge in [0.15, 0.2) is 0 Å². The van der Waals surface area contributed by atoms with Crippen molar-refractivity contribution in [2.75, 3.05) is 13.1 Å². The van der Waals surface area contributed by atoms with Crippen LogP contribution in [0.1, 0.15) is 24.1 Å². The van der Waals surface area contributed by atoms with Gasteiger partial charge in [0.25, 0.3) is 11.7 Å². The van der Waals surface area contributed by atoms with Crippen molar-refractivity contribution in [1.82, 2.24) is 10.2 Å². The second-order valence-electron chi connectivity index (χ2n) is 6.25. The van der Waals surface area contributed by atoms with Gasteiger partial charge < -0.3 is 15.3 Å². The summed E-state index contributed by atoms with van der Waals surface area (Å²) in [5.74, 6) is -1.84. The van der Waals surface area contributed by atoms with Crippen LogP contribution in [0.4, 0.5) is 0 Å². The molecule has 1 atom stereocenters. The van der Waals surface area contributed by atoms with Crippen molar-refractivity contribution in [3.8, 4) is 0 Å². The summed E-state index contributed by atoms with van der Waals surface area (Å²) in [6, 6.07) is 17.0. The number of Topliss-reactive ketones (excluding diaryl/α,β-unsaturated/α-hetero) is 1. The predicted octanol–water partition coefficient (Wildman–Crippen LogP) is 2.24. The lowest BCUT2D eigenvalue weighted by Crippen LogP contribution is -2.37. The Hall–Kier alpha value is -3.41. The summed E-state index contributed by atoms with van der Waals surface area (Å²) in [6.45, 7) is 1.77. The Bertz CT molecular complexity index is 891. The summed E-state index contributed by atoms with van der Waals surface area (Å²) in [6.07, 6.45) is 0. The SMILES string of the molecule is CC(=O)NCCN1C(=O)C(=O)C(=C(O)c2ccccc2)C1c1ccccc1. The Morgan fingerprint density at radius 2 is 1.63 bits per heavy atom. The third-order valence-electron chi connectivity index (χ3n) is 4.43. The lowest BCUT2D eigenvalue weighted by atomic mass is 9.95. The van der Waals surface area contributed by atoms with Crippen LogP contribution < -0.4 is 5.32 Å². The van der Waals surface area contributed by atoms with Gasteiger partial charge in [-0.05, 0) is 5.56 Å². The van der Waals surface area contributed by atoms with Gasteiger partial charge in [0, 0.05) is 25.6 Å². The summed E-state index contributed by atoms with van der Waals surface area (Å²) in [7, 11) is 0. The molecule has 1 aliphatic heterocycles. The van der Waals surface area contributed by atoms with E-state index in [-0.39, 0.29) is 30.3 Å². The van der Waals surface area contributed by atoms with Gasteiger partial charge in [-0.2, -0.15) is 0 Å². The van der Waals surface area contributed by atoms with Crippen LogP contribution >= 0.6 is 0 Å². The molecule has 1 aliphatic rings. The van der Waals surface area contributed by atoms with Crippen LogP contribution in [0.5, 0.6) is 0 Å². The molecule has 2 aromatic rings. The lowest BCUT2D eigenvalue weighted by Gasteiger charge is -2.25. The van der Waals surface area contributed by atoms with Crippen molar-refractivity contribution in [1.29, 1.82) is 0 Å². The molecular weight excluding hydrogens is 344 g/mol. The number of nitrogens with zero attached hydrogens (tertiary/aromatic N) is 1. The molecule has 27 heavy (non-hydrogen) atoms. The van der Waals surface area contributed by atoms with Gasteiger partial charge in [-0.15, -0.1) is 0 Å². The first kappa shape index (κ1) is 18.4. The number of carbonyl (C=O) groups excluding carboxylic acids is 3. The Labute approximate surface area is 157 Å². The van der Waals surface area contributed by atoms with Crippen molar-refractivity contribution in [2.45, 2.75) is 13.0 Å². The average Bonchev–Trinajstić information content (AvgIpc) is 2.93. The number of carbonyl (C=O) groups is 3. The monoisotopic (exact) mass is 364 g/mol. The summed E-state index contributed by atoms with van der Waals surface area (Å²) >= 11 is 0. The number of amides is 2. The summed E-state index contributed by atoms with van der Waals surface area (Å²) < 4.78 is 0. The highest BCUT2D eigenvalue weighted by Gasteiger charge is 2.45. The predicted molar refractivity (Wildman–Crippen MR) is 101 cm³/mol. The summed E-state index contributed by atoms with van der Waals surface area (Å²) in [5, 5.41) is 13.4. The van der Waals surface area contributed by atoms with E-state index in [1.54, 1.807) is 42.5 Å². The molecule has 2 amide bonds. The van der Waals surface area contributed by atoms with Crippen LogP contribution in [0.25, 0.3) is 5.76 Å². The average molecular weight is 364 g/mol. The Morgan fingerprint density at radius 3 is 2.22 bits per heavy atom. The maximum absolute atomic E-state index is 12.7. The molecule has 0 bridgehead atoms. The maximum Gasteiger partial charge on any atom is 0.295 e. The molecule has 6 nitrogen and oxygen atoms in total. The first-order valence-corrected chi connectivity index (χ1v) is 8.64. The standard InChI is InChI=1S/C21H20N2O4/c1-14(24)22-12-13-23-18(15-8-4-2-5-9-15)17(20(26)21(23)27)19(25)16-10-6-3-7-11-16/h2-11,18,25H,12-13H2,1H3,(H,22,24). The fourth-order valence-electron chi connectivity index (χ4n) is 3.20. The Kier molecular flexibility index (Phi) is 5.35. The van der Waals surface area contributed by atoms with Gasteiger partial charge in [-0.25, -0.2) is 0 Å².